The second-order valence-corrected chi connectivity index (χ2v) is 11.3. The van der Waals surface area contributed by atoms with E-state index < -0.39 is 11.9 Å². The quantitative estimate of drug-likeness (QED) is 0.183. The fourth-order valence-corrected chi connectivity index (χ4v) is 4.05. The lowest BCUT2D eigenvalue weighted by atomic mass is 9.85. The minimum absolute atomic E-state index is 0.266. The van der Waals surface area contributed by atoms with Crippen LogP contribution in [0.5, 0.6) is 0 Å². The van der Waals surface area contributed by atoms with Crippen molar-refractivity contribution in [1.29, 1.82) is 0 Å². The molecule has 2 aromatic carbocycles. The zero-order chi connectivity index (χ0) is 26.6. The Bertz CT molecular complexity index is 959. The molecule has 0 unspecified atom stereocenters. The van der Waals surface area contributed by atoms with Crippen molar-refractivity contribution in [2.75, 3.05) is 13.2 Å². The summed E-state index contributed by atoms with van der Waals surface area (Å²) in [7, 11) is 0. The van der Waals surface area contributed by atoms with Gasteiger partial charge in [0.2, 0.25) is 0 Å². The van der Waals surface area contributed by atoms with Gasteiger partial charge in [0, 0.05) is 0 Å². The van der Waals surface area contributed by atoms with Crippen LogP contribution in [0.25, 0.3) is 11.1 Å². The monoisotopic (exact) mass is 494 g/mol. The van der Waals surface area contributed by atoms with E-state index in [0.29, 0.717) is 29.6 Å². The van der Waals surface area contributed by atoms with Crippen LogP contribution in [-0.2, 0) is 9.47 Å². The first-order chi connectivity index (χ1) is 17.1. The van der Waals surface area contributed by atoms with E-state index >= 15 is 0 Å². The van der Waals surface area contributed by atoms with Gasteiger partial charge in [-0.25, -0.2) is 9.59 Å². The van der Waals surface area contributed by atoms with E-state index in [1.54, 1.807) is 12.1 Å². The molecule has 0 fully saturated rings. The first-order valence-corrected chi connectivity index (χ1v) is 13.6. The highest BCUT2D eigenvalue weighted by atomic mass is 16.5. The molecule has 0 bridgehead atoms. The van der Waals surface area contributed by atoms with Crippen LogP contribution in [0, 0.1) is 10.8 Å². The molecule has 0 spiro atoms. The molecule has 0 aliphatic heterocycles. The number of ether oxygens (including phenoxy) is 2. The molecule has 0 N–H and O–H groups in total. The van der Waals surface area contributed by atoms with Crippen molar-refractivity contribution in [2.24, 2.45) is 10.8 Å². The normalized spacial score (nSPS) is 11.8. The van der Waals surface area contributed by atoms with Gasteiger partial charge in [0.25, 0.3) is 0 Å². The second kappa shape index (κ2) is 14.2. The zero-order valence-electron chi connectivity index (χ0n) is 23.3. The Balaban J connectivity index is 2.11. The summed E-state index contributed by atoms with van der Waals surface area (Å²) in [5, 5.41) is 0. The summed E-state index contributed by atoms with van der Waals surface area (Å²) in [6, 6.07) is 15.0. The Hall–Kier alpha value is -2.62. The summed E-state index contributed by atoms with van der Waals surface area (Å²) in [6.45, 7) is 14.1. The topological polar surface area (TPSA) is 52.6 Å². The lowest BCUT2D eigenvalue weighted by Crippen LogP contribution is -2.17. The molecule has 0 atom stereocenters. The summed E-state index contributed by atoms with van der Waals surface area (Å²) in [6.07, 6.45) is 8.05. The van der Waals surface area contributed by atoms with Crippen molar-refractivity contribution < 1.29 is 19.1 Å². The molecule has 0 aliphatic rings. The predicted octanol–water partition coefficient (Wildman–Crippen LogP) is 8.88. The highest BCUT2D eigenvalue weighted by Gasteiger charge is 2.24. The molecule has 0 radical (unpaired) electrons. The van der Waals surface area contributed by atoms with Gasteiger partial charge in [0.15, 0.2) is 0 Å². The van der Waals surface area contributed by atoms with Gasteiger partial charge in [-0.1, -0.05) is 96.8 Å². The number of unbranched alkanes of at least 4 members (excludes halogenated alkanes) is 2. The minimum Gasteiger partial charge on any atom is -0.462 e. The van der Waals surface area contributed by atoms with Crippen molar-refractivity contribution in [3.63, 3.8) is 0 Å². The van der Waals surface area contributed by atoms with Crippen molar-refractivity contribution in [3.8, 4) is 11.1 Å². The first kappa shape index (κ1) is 29.6. The maximum Gasteiger partial charge on any atom is 0.339 e. The van der Waals surface area contributed by atoms with E-state index in [1.165, 1.54) is 0 Å². The molecule has 36 heavy (non-hydrogen) atoms. The number of carbonyl (C=O) groups is 2. The largest absolute Gasteiger partial charge is 0.462 e. The molecule has 0 amide bonds. The van der Waals surface area contributed by atoms with E-state index in [4.69, 9.17) is 9.47 Å². The number of esters is 2. The summed E-state index contributed by atoms with van der Waals surface area (Å²) in [4.78, 5) is 26.3. The van der Waals surface area contributed by atoms with Gasteiger partial charge in [-0.15, -0.1) is 0 Å². The van der Waals surface area contributed by atoms with Gasteiger partial charge >= 0.3 is 11.9 Å². The molecule has 0 aliphatic carbocycles. The van der Waals surface area contributed by atoms with Gasteiger partial charge in [0.05, 0.1) is 24.3 Å². The van der Waals surface area contributed by atoms with Crippen LogP contribution in [0.1, 0.15) is 114 Å². The first-order valence-electron chi connectivity index (χ1n) is 13.6. The molecule has 0 heterocycles. The van der Waals surface area contributed by atoms with Gasteiger partial charge in [-0.05, 0) is 66.5 Å². The fourth-order valence-electron chi connectivity index (χ4n) is 4.05. The molecule has 2 aromatic rings. The Morgan fingerprint density at radius 1 is 0.667 bits per heavy atom. The van der Waals surface area contributed by atoms with E-state index in [0.717, 1.165) is 56.9 Å². The Morgan fingerprint density at radius 2 is 1.19 bits per heavy atom. The number of hydrogen-bond donors (Lipinski definition) is 0. The number of rotatable bonds is 15. The summed E-state index contributed by atoms with van der Waals surface area (Å²) >= 11 is 0. The van der Waals surface area contributed by atoms with Crippen molar-refractivity contribution >= 4 is 11.9 Å². The Morgan fingerprint density at radius 3 is 1.72 bits per heavy atom. The molecule has 0 saturated heterocycles. The molecule has 198 valence electrons. The summed E-state index contributed by atoms with van der Waals surface area (Å²) < 4.78 is 11.3. The summed E-state index contributed by atoms with van der Waals surface area (Å²) in [5.41, 5.74) is 2.71. The van der Waals surface area contributed by atoms with Gasteiger partial charge < -0.3 is 9.47 Å². The van der Waals surface area contributed by atoms with Crippen LogP contribution in [0.4, 0.5) is 0 Å². The average Bonchev–Trinajstić information content (AvgIpc) is 2.88. The standard InChI is InChI=1S/C32H46O4/c1-7-31(3,4)21-12-14-23-35-29(33)27-20-16-19-26(25-17-10-9-11-18-25)28(27)30(34)36-24-15-13-22-32(5,6)8-2/h9-11,16-20H,7-8,12-15,21-24H2,1-6H3. The summed E-state index contributed by atoms with van der Waals surface area (Å²) in [5.74, 6) is -0.944. The Kier molecular flexibility index (Phi) is 11.7. The highest BCUT2D eigenvalue weighted by molar-refractivity contribution is 6.07. The molecular formula is C32H46O4. The third-order valence-corrected chi connectivity index (χ3v) is 7.45. The van der Waals surface area contributed by atoms with E-state index in [2.05, 4.69) is 41.5 Å². The van der Waals surface area contributed by atoms with Crippen molar-refractivity contribution in [2.45, 2.75) is 92.9 Å². The predicted molar refractivity (Wildman–Crippen MR) is 148 cm³/mol. The molecule has 0 saturated carbocycles. The lowest BCUT2D eigenvalue weighted by molar-refractivity contribution is 0.0448. The van der Waals surface area contributed by atoms with Crippen LogP contribution in [0.2, 0.25) is 0 Å². The lowest BCUT2D eigenvalue weighted by Gasteiger charge is -2.22. The molecule has 4 nitrogen and oxygen atoms in total. The number of carbonyl (C=O) groups excluding carboxylic acids is 2. The van der Waals surface area contributed by atoms with Crippen LogP contribution in [-0.4, -0.2) is 25.2 Å². The molecule has 0 aromatic heterocycles. The molecular weight excluding hydrogens is 448 g/mol. The van der Waals surface area contributed by atoms with Gasteiger partial charge in [-0.2, -0.15) is 0 Å². The second-order valence-electron chi connectivity index (χ2n) is 11.3. The number of hydrogen-bond acceptors (Lipinski definition) is 4. The van der Waals surface area contributed by atoms with Gasteiger partial charge in [0.1, 0.15) is 0 Å². The van der Waals surface area contributed by atoms with Crippen LogP contribution in [0.3, 0.4) is 0 Å². The minimum atomic E-state index is -0.473. The van der Waals surface area contributed by atoms with Gasteiger partial charge in [-0.3, -0.25) is 0 Å². The van der Waals surface area contributed by atoms with Crippen LogP contribution < -0.4 is 0 Å². The maximum atomic E-state index is 13.3. The third-order valence-electron chi connectivity index (χ3n) is 7.45. The molecule has 4 heteroatoms. The van der Waals surface area contributed by atoms with Crippen LogP contribution in [0.15, 0.2) is 48.5 Å². The Labute approximate surface area is 218 Å². The van der Waals surface area contributed by atoms with Crippen molar-refractivity contribution in [1.82, 2.24) is 0 Å². The fraction of sp³-hybridized carbons (Fsp3) is 0.562. The van der Waals surface area contributed by atoms with E-state index in [1.807, 2.05) is 36.4 Å². The number of benzene rings is 2. The third kappa shape index (κ3) is 9.44. The maximum absolute atomic E-state index is 13.3. The smallest absolute Gasteiger partial charge is 0.339 e. The average molecular weight is 495 g/mol. The van der Waals surface area contributed by atoms with E-state index in [9.17, 15) is 9.59 Å². The SMILES string of the molecule is CCC(C)(C)CCCCOC(=O)c1cccc(-c2ccccc2)c1C(=O)OCCCCC(C)(C)CC. The molecule has 2 rings (SSSR count). The zero-order valence-corrected chi connectivity index (χ0v) is 23.3. The van der Waals surface area contributed by atoms with E-state index in [-0.39, 0.29) is 11.1 Å². The highest BCUT2D eigenvalue weighted by Crippen LogP contribution is 2.30. The van der Waals surface area contributed by atoms with Crippen molar-refractivity contribution in [3.05, 3.63) is 59.7 Å². The van der Waals surface area contributed by atoms with Crippen LogP contribution >= 0.6 is 0 Å².